The molecule has 3 heteroatoms. The van der Waals surface area contributed by atoms with Crippen molar-refractivity contribution in [3.8, 4) is 0 Å². The van der Waals surface area contributed by atoms with Gasteiger partial charge in [-0.25, -0.2) is 0 Å². The predicted molar refractivity (Wildman–Crippen MR) is 47.9 cm³/mol. The maximum absolute atomic E-state index is 5.88. The zero-order valence-electron chi connectivity index (χ0n) is 7.62. The topological polar surface area (TPSA) is 43.8 Å². The molecule has 2 unspecified atom stereocenters. The highest BCUT2D eigenvalue weighted by molar-refractivity contribution is 5.28. The largest absolute Gasteiger partial charge is 0.327 e. The van der Waals surface area contributed by atoms with Crippen LogP contribution in [0.4, 0.5) is 0 Å². The molecule has 0 aliphatic heterocycles. The quantitative estimate of drug-likeness (QED) is 0.669. The normalized spacial score (nSPS) is 24.1. The van der Waals surface area contributed by atoms with Crippen LogP contribution >= 0.6 is 0 Å². The lowest BCUT2D eigenvalue weighted by Gasteiger charge is -2.13. The number of fused-ring (bicyclic) bond motifs is 1. The summed E-state index contributed by atoms with van der Waals surface area (Å²) in [6, 6.07) is 0.260. The van der Waals surface area contributed by atoms with E-state index in [0.717, 1.165) is 6.42 Å². The van der Waals surface area contributed by atoms with Crippen molar-refractivity contribution in [1.82, 2.24) is 9.78 Å². The van der Waals surface area contributed by atoms with Gasteiger partial charge in [-0.2, -0.15) is 5.10 Å². The van der Waals surface area contributed by atoms with E-state index in [1.165, 1.54) is 17.7 Å². The van der Waals surface area contributed by atoms with Crippen LogP contribution in [0, 0.1) is 0 Å². The van der Waals surface area contributed by atoms with E-state index < -0.39 is 0 Å². The van der Waals surface area contributed by atoms with Crippen LogP contribution in [0.5, 0.6) is 0 Å². The first-order valence-electron chi connectivity index (χ1n) is 4.46. The van der Waals surface area contributed by atoms with Crippen molar-refractivity contribution in [3.05, 3.63) is 17.5 Å². The highest BCUT2D eigenvalue weighted by atomic mass is 15.3. The lowest BCUT2D eigenvalue weighted by Crippen LogP contribution is -2.22. The van der Waals surface area contributed by atoms with Gasteiger partial charge in [0.15, 0.2) is 0 Å². The number of nitrogens with zero attached hydrogens (tertiary/aromatic N) is 2. The van der Waals surface area contributed by atoms with Gasteiger partial charge in [-0.1, -0.05) is 0 Å². The Balaban J connectivity index is 2.34. The molecule has 1 aliphatic carbocycles. The van der Waals surface area contributed by atoms with E-state index in [4.69, 9.17) is 5.73 Å². The second-order valence-electron chi connectivity index (χ2n) is 3.71. The maximum Gasteiger partial charge on any atom is 0.0660 e. The van der Waals surface area contributed by atoms with Gasteiger partial charge in [-0.15, -0.1) is 0 Å². The number of aromatic nitrogens is 2. The first-order valence-corrected chi connectivity index (χ1v) is 4.46. The standard InChI is InChI=1S/C9H15N3/c1-6(10)7-3-4-9-8(7)5-12(2)11-9/h5-7H,3-4,10H2,1-2H3. The van der Waals surface area contributed by atoms with Gasteiger partial charge in [0, 0.05) is 25.2 Å². The smallest absolute Gasteiger partial charge is 0.0660 e. The van der Waals surface area contributed by atoms with Gasteiger partial charge >= 0.3 is 0 Å². The van der Waals surface area contributed by atoms with Crippen molar-refractivity contribution in [2.24, 2.45) is 12.8 Å². The first-order chi connectivity index (χ1) is 5.68. The predicted octanol–water partition coefficient (Wildman–Crippen LogP) is 0.797. The zero-order chi connectivity index (χ0) is 8.72. The molecule has 0 fully saturated rings. The van der Waals surface area contributed by atoms with Gasteiger partial charge in [0.25, 0.3) is 0 Å². The summed E-state index contributed by atoms with van der Waals surface area (Å²) in [7, 11) is 1.97. The van der Waals surface area contributed by atoms with Crippen molar-refractivity contribution >= 4 is 0 Å². The van der Waals surface area contributed by atoms with E-state index in [1.807, 2.05) is 11.7 Å². The molecule has 0 radical (unpaired) electrons. The average Bonchev–Trinajstić information content (AvgIpc) is 2.43. The summed E-state index contributed by atoms with van der Waals surface area (Å²) in [6.07, 6.45) is 4.38. The molecule has 2 rings (SSSR count). The molecule has 0 amide bonds. The molecule has 0 bridgehead atoms. The molecule has 1 aromatic rings. The van der Waals surface area contributed by atoms with Crippen LogP contribution in [0.25, 0.3) is 0 Å². The summed E-state index contributed by atoms with van der Waals surface area (Å²) in [5, 5.41) is 4.38. The maximum atomic E-state index is 5.88. The Bertz CT molecular complexity index is 288. The van der Waals surface area contributed by atoms with Gasteiger partial charge in [0.1, 0.15) is 0 Å². The minimum absolute atomic E-state index is 0.260. The minimum Gasteiger partial charge on any atom is -0.327 e. The fourth-order valence-electron chi connectivity index (χ4n) is 2.05. The van der Waals surface area contributed by atoms with Crippen molar-refractivity contribution in [2.45, 2.75) is 31.7 Å². The molecular formula is C9H15N3. The lowest BCUT2D eigenvalue weighted by atomic mass is 9.97. The third-order valence-electron chi connectivity index (χ3n) is 2.66. The molecule has 2 atom stereocenters. The van der Waals surface area contributed by atoms with E-state index in [9.17, 15) is 0 Å². The Morgan fingerprint density at radius 2 is 2.50 bits per heavy atom. The van der Waals surface area contributed by atoms with Crippen LogP contribution in [0.2, 0.25) is 0 Å². The Hall–Kier alpha value is -0.830. The number of nitrogens with two attached hydrogens (primary N) is 1. The number of hydrogen-bond donors (Lipinski definition) is 1. The Kier molecular flexibility index (Phi) is 1.68. The van der Waals surface area contributed by atoms with Gasteiger partial charge in [0.2, 0.25) is 0 Å². The molecule has 2 N–H and O–H groups in total. The Morgan fingerprint density at radius 3 is 3.17 bits per heavy atom. The van der Waals surface area contributed by atoms with Crippen molar-refractivity contribution in [2.75, 3.05) is 0 Å². The molecule has 0 spiro atoms. The van der Waals surface area contributed by atoms with Gasteiger partial charge < -0.3 is 5.73 Å². The van der Waals surface area contributed by atoms with Gasteiger partial charge in [-0.05, 0) is 25.3 Å². The van der Waals surface area contributed by atoms with Crippen LogP contribution in [0.15, 0.2) is 6.20 Å². The summed E-state index contributed by atoms with van der Waals surface area (Å²) in [6.45, 7) is 2.08. The van der Waals surface area contributed by atoms with E-state index in [2.05, 4.69) is 18.2 Å². The molecule has 1 heterocycles. The van der Waals surface area contributed by atoms with Crippen LogP contribution in [-0.4, -0.2) is 15.8 Å². The van der Waals surface area contributed by atoms with Crippen LogP contribution in [0.1, 0.15) is 30.5 Å². The second-order valence-corrected chi connectivity index (χ2v) is 3.71. The monoisotopic (exact) mass is 165 g/mol. The summed E-state index contributed by atoms with van der Waals surface area (Å²) in [4.78, 5) is 0. The molecule has 66 valence electrons. The average molecular weight is 165 g/mol. The molecule has 1 aromatic heterocycles. The summed E-state index contributed by atoms with van der Waals surface area (Å²) in [5.74, 6) is 0.536. The van der Waals surface area contributed by atoms with Crippen molar-refractivity contribution in [3.63, 3.8) is 0 Å². The highest BCUT2D eigenvalue weighted by Gasteiger charge is 2.27. The van der Waals surface area contributed by atoms with Gasteiger partial charge in [-0.3, -0.25) is 4.68 Å². The Morgan fingerprint density at radius 1 is 1.75 bits per heavy atom. The fourth-order valence-corrected chi connectivity index (χ4v) is 2.05. The number of rotatable bonds is 1. The van der Waals surface area contributed by atoms with E-state index in [-0.39, 0.29) is 6.04 Å². The molecule has 0 aromatic carbocycles. The third kappa shape index (κ3) is 1.05. The van der Waals surface area contributed by atoms with Crippen LogP contribution < -0.4 is 5.73 Å². The lowest BCUT2D eigenvalue weighted by molar-refractivity contribution is 0.557. The van der Waals surface area contributed by atoms with Crippen molar-refractivity contribution in [1.29, 1.82) is 0 Å². The zero-order valence-corrected chi connectivity index (χ0v) is 7.62. The first kappa shape index (κ1) is 7.80. The molecule has 0 saturated heterocycles. The van der Waals surface area contributed by atoms with Crippen LogP contribution in [-0.2, 0) is 13.5 Å². The number of hydrogen-bond acceptors (Lipinski definition) is 2. The third-order valence-corrected chi connectivity index (χ3v) is 2.66. The van der Waals surface area contributed by atoms with Crippen LogP contribution in [0.3, 0.4) is 0 Å². The molecule has 3 nitrogen and oxygen atoms in total. The fraction of sp³-hybridized carbons (Fsp3) is 0.667. The van der Waals surface area contributed by atoms with Crippen molar-refractivity contribution < 1.29 is 0 Å². The Labute approximate surface area is 72.6 Å². The van der Waals surface area contributed by atoms with E-state index in [1.54, 1.807) is 0 Å². The highest BCUT2D eigenvalue weighted by Crippen LogP contribution is 2.33. The molecule has 12 heavy (non-hydrogen) atoms. The second kappa shape index (κ2) is 2.59. The SMILES string of the molecule is CC(N)C1CCc2nn(C)cc21. The summed E-state index contributed by atoms with van der Waals surface area (Å²) >= 11 is 0. The summed E-state index contributed by atoms with van der Waals surface area (Å²) in [5.41, 5.74) is 8.50. The summed E-state index contributed by atoms with van der Waals surface area (Å²) < 4.78 is 1.89. The van der Waals surface area contributed by atoms with Gasteiger partial charge in [0.05, 0.1) is 5.69 Å². The van der Waals surface area contributed by atoms with E-state index >= 15 is 0 Å². The molecular weight excluding hydrogens is 150 g/mol. The molecule has 1 aliphatic rings. The van der Waals surface area contributed by atoms with E-state index in [0.29, 0.717) is 5.92 Å². The number of aryl methyl sites for hydroxylation is 2. The molecule has 0 saturated carbocycles. The minimum atomic E-state index is 0.260.